The third kappa shape index (κ3) is 6.96. The van der Waals surface area contributed by atoms with Crippen molar-refractivity contribution in [2.45, 2.75) is 33.1 Å². The smallest absolute Gasteiger partial charge is 0.313 e. The van der Waals surface area contributed by atoms with Crippen LogP contribution in [-0.2, 0) is 16.0 Å². The first kappa shape index (κ1) is 17.0. The Bertz CT molecular complexity index is 457. The second-order valence-electron chi connectivity index (χ2n) is 4.59. The molecule has 20 heavy (non-hydrogen) atoms. The molecule has 0 atom stereocenters. The van der Waals surface area contributed by atoms with Gasteiger partial charge in [-0.05, 0) is 38.3 Å². The van der Waals surface area contributed by atoms with E-state index < -0.39 is 5.97 Å². The molecule has 0 aliphatic heterocycles. The highest BCUT2D eigenvalue weighted by Gasteiger charge is 2.05. The molecule has 112 valence electrons. The zero-order valence-electron chi connectivity index (χ0n) is 11.9. The Morgan fingerprint density at radius 3 is 2.75 bits per heavy atom. The summed E-state index contributed by atoms with van der Waals surface area (Å²) in [6.07, 6.45) is 2.32. The minimum absolute atomic E-state index is 0.0468. The summed E-state index contributed by atoms with van der Waals surface area (Å²) >= 11 is 3.11. The number of carboxylic acid groups (broad SMARTS) is 1. The zero-order valence-corrected chi connectivity index (χ0v) is 13.5. The van der Waals surface area contributed by atoms with Crippen LogP contribution in [0.15, 0.2) is 6.07 Å². The van der Waals surface area contributed by atoms with E-state index in [-0.39, 0.29) is 11.7 Å². The second kappa shape index (κ2) is 9.02. The second-order valence-corrected chi connectivity index (χ2v) is 7.15. The molecule has 4 nitrogen and oxygen atoms in total. The van der Waals surface area contributed by atoms with Crippen molar-refractivity contribution >= 4 is 35.0 Å². The molecule has 1 heterocycles. The zero-order chi connectivity index (χ0) is 15.0. The van der Waals surface area contributed by atoms with Gasteiger partial charge in [-0.3, -0.25) is 9.59 Å². The van der Waals surface area contributed by atoms with E-state index in [0.717, 1.165) is 12.8 Å². The van der Waals surface area contributed by atoms with Crippen molar-refractivity contribution in [1.29, 1.82) is 0 Å². The first-order chi connectivity index (χ1) is 9.49. The van der Waals surface area contributed by atoms with Crippen molar-refractivity contribution in [3.05, 3.63) is 21.4 Å². The predicted molar refractivity (Wildman–Crippen MR) is 84.7 cm³/mol. The molecule has 1 amide bonds. The maximum atomic E-state index is 11.6. The molecular formula is C14H21NO3S2. The van der Waals surface area contributed by atoms with Crippen molar-refractivity contribution < 1.29 is 14.7 Å². The number of carboxylic acids is 1. The van der Waals surface area contributed by atoms with E-state index in [4.69, 9.17) is 5.11 Å². The molecule has 6 heteroatoms. The van der Waals surface area contributed by atoms with Gasteiger partial charge in [0.25, 0.3) is 0 Å². The van der Waals surface area contributed by atoms with Crippen LogP contribution in [0.25, 0.3) is 0 Å². The first-order valence-corrected chi connectivity index (χ1v) is 8.58. The van der Waals surface area contributed by atoms with Gasteiger partial charge in [0.05, 0.1) is 5.75 Å². The molecule has 0 aliphatic rings. The summed E-state index contributed by atoms with van der Waals surface area (Å²) in [7, 11) is 0. The lowest BCUT2D eigenvalue weighted by atomic mass is 10.1. The first-order valence-electron chi connectivity index (χ1n) is 6.61. The van der Waals surface area contributed by atoms with E-state index in [1.54, 1.807) is 11.3 Å². The normalized spacial score (nSPS) is 10.5. The summed E-state index contributed by atoms with van der Waals surface area (Å²) in [6, 6.07) is 2.19. The minimum Gasteiger partial charge on any atom is -0.481 e. The maximum Gasteiger partial charge on any atom is 0.313 e. The average molecular weight is 315 g/mol. The van der Waals surface area contributed by atoms with Crippen molar-refractivity contribution in [2.24, 2.45) is 0 Å². The van der Waals surface area contributed by atoms with Crippen LogP contribution in [0, 0.1) is 13.8 Å². The molecule has 0 bridgehead atoms. The Labute approximate surface area is 128 Å². The van der Waals surface area contributed by atoms with Gasteiger partial charge in [0, 0.05) is 28.5 Å². The molecule has 0 radical (unpaired) electrons. The lowest BCUT2D eigenvalue weighted by molar-refractivity contribution is -0.133. The van der Waals surface area contributed by atoms with E-state index in [0.29, 0.717) is 18.7 Å². The standard InChI is InChI=1S/C14H21NO3S2/c1-10-8-12(11(2)20-10)4-3-5-13(16)15-6-7-19-9-14(17)18/h8H,3-7,9H2,1-2H3,(H,15,16)(H,17,18). The lowest BCUT2D eigenvalue weighted by Gasteiger charge is -2.04. The molecule has 0 aliphatic carbocycles. The predicted octanol–water partition coefficient (Wildman–Crippen LogP) is 2.62. The number of thiophene rings is 1. The van der Waals surface area contributed by atoms with Crippen LogP contribution >= 0.6 is 23.1 Å². The fourth-order valence-electron chi connectivity index (χ4n) is 1.88. The van der Waals surface area contributed by atoms with Gasteiger partial charge in [-0.2, -0.15) is 0 Å². The maximum absolute atomic E-state index is 11.6. The number of carbonyl (C=O) groups is 2. The fraction of sp³-hybridized carbons (Fsp3) is 0.571. The van der Waals surface area contributed by atoms with Gasteiger partial charge in [0.15, 0.2) is 0 Å². The van der Waals surface area contributed by atoms with E-state index in [9.17, 15) is 9.59 Å². The summed E-state index contributed by atoms with van der Waals surface area (Å²) in [4.78, 5) is 24.5. The van der Waals surface area contributed by atoms with Crippen LogP contribution in [0.3, 0.4) is 0 Å². The summed E-state index contributed by atoms with van der Waals surface area (Å²) in [5.41, 5.74) is 1.34. The Balaban J connectivity index is 2.08. The molecule has 1 rings (SSSR count). The van der Waals surface area contributed by atoms with E-state index >= 15 is 0 Å². The molecule has 2 N–H and O–H groups in total. The average Bonchev–Trinajstić information content (AvgIpc) is 2.67. The van der Waals surface area contributed by atoms with Gasteiger partial charge in [0.2, 0.25) is 5.91 Å². The van der Waals surface area contributed by atoms with Crippen LogP contribution in [-0.4, -0.2) is 35.0 Å². The third-order valence-corrected chi connectivity index (χ3v) is 4.74. The Morgan fingerprint density at radius 2 is 2.15 bits per heavy atom. The molecule has 1 aromatic rings. The Hall–Kier alpha value is -1.01. The van der Waals surface area contributed by atoms with E-state index in [1.165, 1.54) is 27.1 Å². The number of carbonyl (C=O) groups excluding carboxylic acids is 1. The molecule has 1 aromatic heterocycles. The molecule has 0 saturated heterocycles. The van der Waals surface area contributed by atoms with Crippen LogP contribution in [0.2, 0.25) is 0 Å². The summed E-state index contributed by atoms with van der Waals surface area (Å²) in [5, 5.41) is 11.3. The van der Waals surface area contributed by atoms with Gasteiger partial charge >= 0.3 is 5.97 Å². The van der Waals surface area contributed by atoms with Crippen LogP contribution < -0.4 is 5.32 Å². The highest BCUT2D eigenvalue weighted by molar-refractivity contribution is 7.99. The molecule has 0 fully saturated rings. The Kier molecular flexibility index (Phi) is 7.69. The summed E-state index contributed by atoms with van der Waals surface area (Å²) in [5.74, 6) is -0.0404. The van der Waals surface area contributed by atoms with Gasteiger partial charge in [0.1, 0.15) is 0 Å². The van der Waals surface area contributed by atoms with Crippen molar-refractivity contribution in [3.8, 4) is 0 Å². The SMILES string of the molecule is Cc1cc(CCCC(=O)NCCSCC(=O)O)c(C)s1. The van der Waals surface area contributed by atoms with Gasteiger partial charge < -0.3 is 10.4 Å². The summed E-state index contributed by atoms with van der Waals surface area (Å²) < 4.78 is 0. The number of aliphatic carboxylic acids is 1. The van der Waals surface area contributed by atoms with Crippen molar-refractivity contribution in [1.82, 2.24) is 5.32 Å². The van der Waals surface area contributed by atoms with Gasteiger partial charge in [-0.25, -0.2) is 0 Å². The van der Waals surface area contributed by atoms with Crippen LogP contribution in [0.4, 0.5) is 0 Å². The molecule has 0 saturated carbocycles. The minimum atomic E-state index is -0.817. The fourth-order valence-corrected chi connectivity index (χ4v) is 3.42. The topological polar surface area (TPSA) is 66.4 Å². The van der Waals surface area contributed by atoms with Crippen LogP contribution in [0.5, 0.6) is 0 Å². The number of hydrogen-bond donors (Lipinski definition) is 2. The Morgan fingerprint density at radius 1 is 1.40 bits per heavy atom. The number of aryl methyl sites for hydroxylation is 3. The van der Waals surface area contributed by atoms with Gasteiger partial charge in [-0.1, -0.05) is 0 Å². The highest BCUT2D eigenvalue weighted by Crippen LogP contribution is 2.22. The number of amides is 1. The van der Waals surface area contributed by atoms with E-state index in [1.807, 2.05) is 0 Å². The molecule has 0 unspecified atom stereocenters. The van der Waals surface area contributed by atoms with Crippen molar-refractivity contribution in [3.63, 3.8) is 0 Å². The largest absolute Gasteiger partial charge is 0.481 e. The van der Waals surface area contributed by atoms with Gasteiger partial charge in [-0.15, -0.1) is 23.1 Å². The number of rotatable bonds is 9. The molecule has 0 spiro atoms. The third-order valence-electron chi connectivity index (χ3n) is 2.79. The highest BCUT2D eigenvalue weighted by atomic mass is 32.2. The van der Waals surface area contributed by atoms with Crippen molar-refractivity contribution in [2.75, 3.05) is 18.1 Å². The lowest BCUT2D eigenvalue weighted by Crippen LogP contribution is -2.25. The quantitative estimate of drug-likeness (QED) is 0.688. The summed E-state index contributed by atoms with van der Waals surface area (Å²) in [6.45, 7) is 4.75. The number of hydrogen-bond acceptors (Lipinski definition) is 4. The van der Waals surface area contributed by atoms with E-state index in [2.05, 4.69) is 25.2 Å². The molecular weight excluding hydrogens is 294 g/mol. The number of nitrogens with one attached hydrogen (secondary N) is 1. The number of thioether (sulfide) groups is 1. The monoisotopic (exact) mass is 315 g/mol. The molecule has 0 aromatic carbocycles. The van der Waals surface area contributed by atoms with Crippen LogP contribution in [0.1, 0.15) is 28.2 Å².